The fourth-order valence-corrected chi connectivity index (χ4v) is 1.97. The maximum Gasteiger partial charge on any atom is 0.222 e. The third-order valence-corrected chi connectivity index (χ3v) is 2.97. The number of aromatic nitrogens is 2. The normalized spacial score (nSPS) is 24.6. The van der Waals surface area contributed by atoms with Crippen molar-refractivity contribution in [3.63, 3.8) is 0 Å². The number of carbonyl (C=O) groups excluding carboxylic acids is 1. The van der Waals surface area contributed by atoms with Crippen LogP contribution in [-0.2, 0) is 11.3 Å². The third-order valence-electron chi connectivity index (χ3n) is 2.97. The summed E-state index contributed by atoms with van der Waals surface area (Å²) in [6.07, 6.45) is 6.83. The summed E-state index contributed by atoms with van der Waals surface area (Å²) in [6.45, 7) is 4.62. The van der Waals surface area contributed by atoms with Crippen LogP contribution in [0.4, 0.5) is 0 Å². The number of rotatable bonds is 4. The Morgan fingerprint density at radius 1 is 1.69 bits per heavy atom. The summed E-state index contributed by atoms with van der Waals surface area (Å²) in [5.74, 6) is 0.111. The van der Waals surface area contributed by atoms with Gasteiger partial charge in [-0.2, -0.15) is 0 Å². The number of amides is 1. The monoisotopic (exact) mass is 222 g/mol. The third kappa shape index (κ3) is 2.82. The van der Waals surface area contributed by atoms with Gasteiger partial charge in [0.25, 0.3) is 0 Å². The molecular weight excluding hydrogens is 204 g/mol. The molecule has 0 saturated carbocycles. The van der Waals surface area contributed by atoms with Gasteiger partial charge in [-0.1, -0.05) is 0 Å². The first-order valence-electron chi connectivity index (χ1n) is 5.65. The van der Waals surface area contributed by atoms with Crippen molar-refractivity contribution in [2.24, 2.45) is 0 Å². The highest BCUT2D eigenvalue weighted by atomic mass is 16.1. The molecule has 0 bridgehead atoms. The molecule has 0 spiro atoms. The van der Waals surface area contributed by atoms with E-state index in [-0.39, 0.29) is 11.4 Å². The highest BCUT2D eigenvalue weighted by Gasteiger charge is 2.29. The van der Waals surface area contributed by atoms with Gasteiger partial charge in [0.15, 0.2) is 0 Å². The molecule has 1 unspecified atom stereocenters. The van der Waals surface area contributed by atoms with Crippen LogP contribution in [0.15, 0.2) is 18.7 Å². The Morgan fingerprint density at radius 2 is 2.56 bits per heavy atom. The largest absolute Gasteiger partial charge is 0.350 e. The lowest BCUT2D eigenvalue weighted by molar-refractivity contribution is -0.122. The van der Waals surface area contributed by atoms with E-state index >= 15 is 0 Å². The van der Waals surface area contributed by atoms with Crippen molar-refractivity contribution in [2.45, 2.75) is 31.8 Å². The van der Waals surface area contributed by atoms with Crippen LogP contribution in [0.5, 0.6) is 0 Å². The van der Waals surface area contributed by atoms with E-state index in [1.807, 2.05) is 10.8 Å². The number of carbonyl (C=O) groups is 1. The Morgan fingerprint density at radius 3 is 3.19 bits per heavy atom. The van der Waals surface area contributed by atoms with E-state index in [9.17, 15) is 4.79 Å². The van der Waals surface area contributed by atoms with Crippen molar-refractivity contribution in [1.82, 2.24) is 20.2 Å². The molecule has 2 heterocycles. The summed E-state index contributed by atoms with van der Waals surface area (Å²) in [4.78, 5) is 15.7. The van der Waals surface area contributed by atoms with Gasteiger partial charge in [0.2, 0.25) is 5.91 Å². The highest BCUT2D eigenvalue weighted by Crippen LogP contribution is 2.13. The molecule has 1 atom stereocenters. The number of nitrogens with zero attached hydrogens (tertiary/aromatic N) is 2. The molecule has 2 rings (SSSR count). The van der Waals surface area contributed by atoms with Gasteiger partial charge in [0.05, 0.1) is 11.9 Å². The molecule has 0 aromatic carbocycles. The molecule has 88 valence electrons. The zero-order valence-electron chi connectivity index (χ0n) is 9.57. The lowest BCUT2D eigenvalue weighted by atomic mass is 10.0. The smallest absolute Gasteiger partial charge is 0.222 e. The van der Waals surface area contributed by atoms with E-state index in [2.05, 4.69) is 22.5 Å². The second kappa shape index (κ2) is 4.65. The Balaban J connectivity index is 1.76. The van der Waals surface area contributed by atoms with Crippen LogP contribution >= 0.6 is 0 Å². The number of aryl methyl sites for hydroxylation is 1. The summed E-state index contributed by atoms with van der Waals surface area (Å²) in [7, 11) is 0. The fraction of sp³-hybridized carbons (Fsp3) is 0.636. The first-order valence-corrected chi connectivity index (χ1v) is 5.65. The first-order chi connectivity index (χ1) is 7.68. The average Bonchev–Trinajstić information content (AvgIpc) is 2.86. The van der Waals surface area contributed by atoms with Gasteiger partial charge in [0.1, 0.15) is 0 Å². The van der Waals surface area contributed by atoms with Crippen LogP contribution in [-0.4, -0.2) is 34.1 Å². The van der Waals surface area contributed by atoms with Gasteiger partial charge in [0, 0.05) is 31.9 Å². The minimum atomic E-state index is -0.0635. The lowest BCUT2D eigenvalue weighted by Crippen LogP contribution is -2.47. The highest BCUT2D eigenvalue weighted by molar-refractivity contribution is 5.76. The minimum Gasteiger partial charge on any atom is -0.350 e. The van der Waals surface area contributed by atoms with Crippen molar-refractivity contribution in [3.05, 3.63) is 18.7 Å². The summed E-state index contributed by atoms with van der Waals surface area (Å²) >= 11 is 0. The maximum atomic E-state index is 11.7. The van der Waals surface area contributed by atoms with E-state index in [4.69, 9.17) is 0 Å². The number of hydrogen-bond acceptors (Lipinski definition) is 3. The molecule has 1 fully saturated rings. The molecule has 16 heavy (non-hydrogen) atoms. The van der Waals surface area contributed by atoms with Crippen molar-refractivity contribution in [1.29, 1.82) is 0 Å². The summed E-state index contributed by atoms with van der Waals surface area (Å²) < 4.78 is 1.91. The molecule has 5 heteroatoms. The quantitative estimate of drug-likeness (QED) is 0.762. The zero-order valence-corrected chi connectivity index (χ0v) is 9.57. The molecule has 1 saturated heterocycles. The first kappa shape index (κ1) is 11.1. The topological polar surface area (TPSA) is 59.0 Å². The molecule has 1 aliphatic heterocycles. The van der Waals surface area contributed by atoms with Crippen molar-refractivity contribution < 1.29 is 4.79 Å². The SMILES string of the molecule is CC1(NC(=O)CCn2ccnc2)CCNC1. The molecule has 1 aliphatic rings. The molecule has 0 aliphatic carbocycles. The van der Waals surface area contributed by atoms with Gasteiger partial charge in [-0.3, -0.25) is 4.79 Å². The van der Waals surface area contributed by atoms with Gasteiger partial charge in [-0.25, -0.2) is 4.98 Å². The van der Waals surface area contributed by atoms with Crippen LogP contribution in [0.1, 0.15) is 19.8 Å². The van der Waals surface area contributed by atoms with Crippen LogP contribution in [0, 0.1) is 0 Å². The lowest BCUT2D eigenvalue weighted by Gasteiger charge is -2.24. The van der Waals surface area contributed by atoms with Crippen LogP contribution in [0.2, 0.25) is 0 Å². The van der Waals surface area contributed by atoms with Crippen molar-refractivity contribution in [2.75, 3.05) is 13.1 Å². The number of imidazole rings is 1. The van der Waals surface area contributed by atoms with E-state index in [1.54, 1.807) is 12.5 Å². The molecule has 0 radical (unpaired) electrons. The second-order valence-electron chi connectivity index (χ2n) is 4.59. The zero-order chi connectivity index (χ0) is 11.4. The van der Waals surface area contributed by atoms with E-state index in [1.165, 1.54) is 0 Å². The molecule has 2 N–H and O–H groups in total. The Kier molecular flexibility index (Phi) is 3.24. The summed E-state index contributed by atoms with van der Waals surface area (Å²) in [5.41, 5.74) is -0.0635. The minimum absolute atomic E-state index is 0.0635. The number of hydrogen-bond donors (Lipinski definition) is 2. The summed E-state index contributed by atoms with van der Waals surface area (Å²) in [6, 6.07) is 0. The fourth-order valence-electron chi connectivity index (χ4n) is 1.97. The van der Waals surface area contributed by atoms with E-state index in [0.29, 0.717) is 13.0 Å². The average molecular weight is 222 g/mol. The predicted octanol–water partition coefficient (Wildman–Crippen LogP) is 0.141. The van der Waals surface area contributed by atoms with Gasteiger partial charge in [-0.05, 0) is 19.9 Å². The molecular formula is C11H18N4O. The second-order valence-corrected chi connectivity index (χ2v) is 4.59. The standard InChI is InChI=1S/C11H18N4O/c1-11(3-4-12-8-11)14-10(16)2-6-15-7-5-13-9-15/h5,7,9,12H,2-4,6,8H2,1H3,(H,14,16). The van der Waals surface area contributed by atoms with Crippen LogP contribution in [0.3, 0.4) is 0 Å². The maximum absolute atomic E-state index is 11.7. The molecule has 1 amide bonds. The Hall–Kier alpha value is -1.36. The van der Waals surface area contributed by atoms with Gasteiger partial charge < -0.3 is 15.2 Å². The van der Waals surface area contributed by atoms with Gasteiger partial charge in [-0.15, -0.1) is 0 Å². The van der Waals surface area contributed by atoms with Crippen molar-refractivity contribution in [3.8, 4) is 0 Å². The predicted molar refractivity (Wildman–Crippen MR) is 60.9 cm³/mol. The molecule has 5 nitrogen and oxygen atoms in total. The Labute approximate surface area is 95.2 Å². The van der Waals surface area contributed by atoms with Crippen LogP contribution < -0.4 is 10.6 Å². The van der Waals surface area contributed by atoms with Crippen molar-refractivity contribution >= 4 is 5.91 Å². The van der Waals surface area contributed by atoms with E-state index < -0.39 is 0 Å². The Bertz CT molecular complexity index is 341. The molecule has 1 aromatic heterocycles. The van der Waals surface area contributed by atoms with E-state index in [0.717, 1.165) is 19.5 Å². The van der Waals surface area contributed by atoms with Gasteiger partial charge >= 0.3 is 0 Å². The number of nitrogens with one attached hydrogen (secondary N) is 2. The van der Waals surface area contributed by atoms with Crippen LogP contribution in [0.25, 0.3) is 0 Å². The summed E-state index contributed by atoms with van der Waals surface area (Å²) in [5, 5.41) is 6.34. The molecule has 1 aromatic rings.